The minimum absolute atomic E-state index is 0.348. The van der Waals surface area contributed by atoms with E-state index in [1.165, 1.54) is 0 Å². The van der Waals surface area contributed by atoms with Crippen LogP contribution in [0.1, 0.15) is 5.56 Å². The Morgan fingerprint density at radius 3 is 3.17 bits per heavy atom. The van der Waals surface area contributed by atoms with Gasteiger partial charge in [-0.1, -0.05) is 12.1 Å². The zero-order chi connectivity index (χ0) is 8.55. The Balaban J connectivity index is 2.42. The molecule has 1 aromatic rings. The molecule has 1 atom stereocenters. The van der Waals surface area contributed by atoms with Gasteiger partial charge in [0.2, 0.25) is 0 Å². The van der Waals surface area contributed by atoms with E-state index in [2.05, 4.69) is 0 Å². The van der Waals surface area contributed by atoms with Crippen molar-refractivity contribution in [1.29, 1.82) is 0 Å². The van der Waals surface area contributed by atoms with E-state index in [1.54, 1.807) is 6.07 Å². The summed E-state index contributed by atoms with van der Waals surface area (Å²) in [6.07, 6.45) is 0.250. The summed E-state index contributed by atoms with van der Waals surface area (Å²) in [5.74, 6) is 0.739. The smallest absolute Gasteiger partial charge is 0.145 e. The molecule has 1 aliphatic rings. The van der Waals surface area contributed by atoms with E-state index >= 15 is 0 Å². The van der Waals surface area contributed by atoms with Crippen molar-refractivity contribution in [2.75, 3.05) is 12.3 Å². The first-order valence-corrected chi connectivity index (χ1v) is 3.95. The molecular weight excluding hydrogens is 154 g/mol. The number of anilines is 1. The van der Waals surface area contributed by atoms with Crippen molar-refractivity contribution in [3.63, 3.8) is 0 Å². The van der Waals surface area contributed by atoms with Crippen LogP contribution in [-0.2, 0) is 6.42 Å². The van der Waals surface area contributed by atoms with Crippen molar-refractivity contribution in [2.45, 2.75) is 12.5 Å². The Labute approximate surface area is 70.8 Å². The highest BCUT2D eigenvalue weighted by Crippen LogP contribution is 2.30. The summed E-state index contributed by atoms with van der Waals surface area (Å²) in [4.78, 5) is 0. The maximum atomic E-state index is 9.28. The number of fused-ring (bicyclic) bond motifs is 1. The number of para-hydroxylation sites is 1. The van der Waals surface area contributed by atoms with Gasteiger partial charge in [-0.05, 0) is 11.6 Å². The highest BCUT2D eigenvalue weighted by molar-refractivity contribution is 5.57. The van der Waals surface area contributed by atoms with Crippen molar-refractivity contribution in [2.24, 2.45) is 0 Å². The molecule has 0 aromatic heterocycles. The molecule has 3 nitrogen and oxygen atoms in total. The van der Waals surface area contributed by atoms with Crippen molar-refractivity contribution in [3.8, 4) is 5.75 Å². The van der Waals surface area contributed by atoms with Gasteiger partial charge in [0.15, 0.2) is 0 Å². The zero-order valence-corrected chi connectivity index (χ0v) is 6.66. The summed E-state index contributed by atoms with van der Waals surface area (Å²) in [5, 5.41) is 9.28. The fraction of sp³-hybridized carbons (Fsp3) is 0.333. The number of hydrogen-bond donors (Lipinski definition) is 2. The molecule has 0 aliphatic carbocycles. The molecule has 1 aromatic carbocycles. The first-order chi connectivity index (χ1) is 5.77. The van der Waals surface area contributed by atoms with E-state index in [4.69, 9.17) is 10.5 Å². The molecule has 64 valence electrons. The average Bonchev–Trinajstić information content (AvgIpc) is 2.04. The molecule has 0 radical (unpaired) electrons. The third kappa shape index (κ3) is 1.12. The topological polar surface area (TPSA) is 55.5 Å². The zero-order valence-electron chi connectivity index (χ0n) is 6.66. The Morgan fingerprint density at radius 2 is 2.33 bits per heavy atom. The van der Waals surface area contributed by atoms with Crippen molar-refractivity contribution in [3.05, 3.63) is 23.8 Å². The largest absolute Gasteiger partial charge is 0.488 e. The molecule has 0 saturated carbocycles. The highest BCUT2D eigenvalue weighted by atomic mass is 16.5. The molecule has 0 saturated heterocycles. The van der Waals surface area contributed by atoms with E-state index in [-0.39, 0.29) is 6.10 Å². The Bertz CT molecular complexity index is 299. The number of nitrogen functional groups attached to an aromatic ring is 1. The van der Waals surface area contributed by atoms with Crippen molar-refractivity contribution >= 4 is 5.69 Å². The lowest BCUT2D eigenvalue weighted by Crippen LogP contribution is -2.25. The minimum atomic E-state index is -0.390. The second kappa shape index (κ2) is 2.68. The van der Waals surface area contributed by atoms with Gasteiger partial charge >= 0.3 is 0 Å². The maximum Gasteiger partial charge on any atom is 0.145 e. The molecule has 12 heavy (non-hydrogen) atoms. The first kappa shape index (κ1) is 7.43. The summed E-state index contributed by atoms with van der Waals surface area (Å²) < 4.78 is 5.29. The van der Waals surface area contributed by atoms with E-state index in [0.29, 0.717) is 18.7 Å². The predicted molar refractivity (Wildman–Crippen MR) is 46.1 cm³/mol. The molecule has 1 unspecified atom stereocenters. The fourth-order valence-corrected chi connectivity index (χ4v) is 1.43. The molecule has 1 aliphatic heterocycles. The molecule has 3 N–H and O–H groups in total. The van der Waals surface area contributed by atoms with Gasteiger partial charge in [0.1, 0.15) is 12.4 Å². The Kier molecular flexibility index (Phi) is 1.66. The monoisotopic (exact) mass is 165 g/mol. The van der Waals surface area contributed by atoms with Gasteiger partial charge < -0.3 is 15.6 Å². The van der Waals surface area contributed by atoms with Crippen LogP contribution < -0.4 is 10.5 Å². The van der Waals surface area contributed by atoms with Crippen LogP contribution >= 0.6 is 0 Å². The summed E-state index contributed by atoms with van der Waals surface area (Å²) in [7, 11) is 0. The van der Waals surface area contributed by atoms with Crippen molar-refractivity contribution < 1.29 is 9.84 Å². The van der Waals surface area contributed by atoms with Gasteiger partial charge in [-0.3, -0.25) is 0 Å². The Morgan fingerprint density at radius 1 is 1.50 bits per heavy atom. The number of hydrogen-bond acceptors (Lipinski definition) is 3. The van der Waals surface area contributed by atoms with E-state index < -0.39 is 0 Å². The molecule has 3 heteroatoms. The molecule has 2 rings (SSSR count). The summed E-state index contributed by atoms with van der Waals surface area (Å²) in [6, 6.07) is 5.60. The molecule has 1 heterocycles. The van der Waals surface area contributed by atoms with Crippen LogP contribution in [0.5, 0.6) is 5.75 Å². The lowest BCUT2D eigenvalue weighted by Gasteiger charge is -2.22. The van der Waals surface area contributed by atoms with E-state index in [9.17, 15) is 5.11 Å². The highest BCUT2D eigenvalue weighted by Gasteiger charge is 2.18. The van der Waals surface area contributed by atoms with Crippen LogP contribution in [0.15, 0.2) is 18.2 Å². The summed E-state index contributed by atoms with van der Waals surface area (Å²) >= 11 is 0. The van der Waals surface area contributed by atoms with E-state index in [1.807, 2.05) is 12.1 Å². The third-order valence-corrected chi connectivity index (χ3v) is 2.00. The van der Waals surface area contributed by atoms with Crippen LogP contribution in [-0.4, -0.2) is 17.8 Å². The van der Waals surface area contributed by atoms with Gasteiger partial charge in [0.25, 0.3) is 0 Å². The van der Waals surface area contributed by atoms with Crippen molar-refractivity contribution in [1.82, 2.24) is 0 Å². The second-order valence-corrected chi connectivity index (χ2v) is 3.00. The van der Waals surface area contributed by atoms with Gasteiger partial charge in [-0.15, -0.1) is 0 Å². The first-order valence-electron chi connectivity index (χ1n) is 3.95. The van der Waals surface area contributed by atoms with Gasteiger partial charge in [0, 0.05) is 6.42 Å². The molecule has 0 bridgehead atoms. The molecular formula is C9H11NO2. The summed E-state index contributed by atoms with van der Waals surface area (Å²) in [6.45, 7) is 0.348. The number of nitrogens with two attached hydrogens (primary N) is 1. The van der Waals surface area contributed by atoms with Gasteiger partial charge in [-0.25, -0.2) is 0 Å². The maximum absolute atomic E-state index is 9.28. The van der Waals surface area contributed by atoms with Gasteiger partial charge in [-0.2, -0.15) is 0 Å². The van der Waals surface area contributed by atoms with Crippen LogP contribution in [0.3, 0.4) is 0 Å². The van der Waals surface area contributed by atoms with Crippen LogP contribution in [0.4, 0.5) is 5.69 Å². The van der Waals surface area contributed by atoms with E-state index in [0.717, 1.165) is 11.3 Å². The molecule has 0 spiro atoms. The molecule has 0 amide bonds. The normalized spacial score (nSPS) is 21.2. The number of ether oxygens (including phenoxy) is 1. The quantitative estimate of drug-likeness (QED) is 0.552. The number of benzene rings is 1. The standard InChI is InChI=1S/C9H11NO2/c10-8-3-1-2-6-4-7(11)5-12-9(6)8/h1-3,7,11H,4-5,10H2. The lowest BCUT2D eigenvalue weighted by molar-refractivity contribution is 0.0927. The van der Waals surface area contributed by atoms with Gasteiger partial charge in [0.05, 0.1) is 11.8 Å². The lowest BCUT2D eigenvalue weighted by atomic mass is 10.0. The second-order valence-electron chi connectivity index (χ2n) is 3.00. The Hall–Kier alpha value is -1.22. The fourth-order valence-electron chi connectivity index (χ4n) is 1.43. The number of aliphatic hydroxyl groups excluding tert-OH is 1. The minimum Gasteiger partial charge on any atom is -0.488 e. The van der Waals surface area contributed by atoms with Crippen LogP contribution in [0, 0.1) is 0 Å². The average molecular weight is 165 g/mol. The van der Waals surface area contributed by atoms with Crippen LogP contribution in [0.2, 0.25) is 0 Å². The van der Waals surface area contributed by atoms with Crippen LogP contribution in [0.25, 0.3) is 0 Å². The third-order valence-electron chi connectivity index (χ3n) is 2.00. The number of aliphatic hydroxyl groups is 1. The SMILES string of the molecule is Nc1cccc2c1OCC(O)C2. The number of rotatable bonds is 0. The molecule has 0 fully saturated rings. The summed E-state index contributed by atoms with van der Waals surface area (Å²) in [5.41, 5.74) is 7.33. The predicted octanol–water partition coefficient (Wildman–Crippen LogP) is 0.565.